The van der Waals surface area contributed by atoms with E-state index < -0.39 is 0 Å². The molecule has 0 amide bonds. The van der Waals surface area contributed by atoms with Gasteiger partial charge in [0.25, 0.3) is 0 Å². The lowest BCUT2D eigenvalue weighted by atomic mass is 9.93. The Labute approximate surface area is 119 Å². The Hall–Kier alpha value is -2.29. The summed E-state index contributed by atoms with van der Waals surface area (Å²) in [5.41, 5.74) is 10.8. The lowest BCUT2D eigenvalue weighted by Crippen LogP contribution is -2.07. The summed E-state index contributed by atoms with van der Waals surface area (Å²) >= 11 is 0. The fraction of sp³-hybridized carbons (Fsp3) is 0.235. The highest BCUT2D eigenvalue weighted by molar-refractivity contribution is 6.11. The van der Waals surface area contributed by atoms with Gasteiger partial charge in [-0.15, -0.1) is 0 Å². The number of anilines is 1. The molecule has 0 aliphatic rings. The van der Waals surface area contributed by atoms with Gasteiger partial charge >= 0.3 is 0 Å². The third-order valence-electron chi connectivity index (χ3n) is 3.40. The van der Waals surface area contributed by atoms with Crippen LogP contribution in [-0.2, 0) is 0 Å². The lowest BCUT2D eigenvalue weighted by Gasteiger charge is -2.11. The first kappa shape index (κ1) is 14.1. The van der Waals surface area contributed by atoms with Crippen LogP contribution in [0.15, 0.2) is 30.3 Å². The van der Waals surface area contributed by atoms with Crippen molar-refractivity contribution in [1.29, 1.82) is 0 Å². The minimum atomic E-state index is -0.00523. The molecule has 0 atom stereocenters. The summed E-state index contributed by atoms with van der Waals surface area (Å²) in [6.07, 6.45) is 0. The number of hydrogen-bond acceptors (Lipinski definition) is 3. The van der Waals surface area contributed by atoms with Crippen molar-refractivity contribution in [3.8, 4) is 5.75 Å². The molecule has 104 valence electrons. The molecule has 0 unspecified atom stereocenters. The SMILES string of the molecule is COc1ccc(C(=O)c2c(C)cc(C)cc2C)cc1N. The number of ketones is 1. The molecule has 20 heavy (non-hydrogen) atoms. The summed E-state index contributed by atoms with van der Waals surface area (Å²) in [5.74, 6) is 0.577. The molecule has 0 bridgehead atoms. The van der Waals surface area contributed by atoms with Crippen LogP contribution in [0.5, 0.6) is 5.75 Å². The molecule has 0 radical (unpaired) electrons. The highest BCUT2D eigenvalue weighted by Gasteiger charge is 2.16. The second-order valence-electron chi connectivity index (χ2n) is 5.06. The Morgan fingerprint density at radius 2 is 1.65 bits per heavy atom. The molecule has 0 spiro atoms. The topological polar surface area (TPSA) is 52.3 Å². The maximum atomic E-state index is 12.7. The van der Waals surface area contributed by atoms with E-state index in [1.165, 1.54) is 0 Å². The first-order chi connectivity index (χ1) is 9.43. The number of carbonyl (C=O) groups excluding carboxylic acids is 1. The molecule has 0 saturated carbocycles. The van der Waals surface area contributed by atoms with Crippen molar-refractivity contribution in [1.82, 2.24) is 0 Å². The van der Waals surface area contributed by atoms with Gasteiger partial charge in [0, 0.05) is 11.1 Å². The number of hydrogen-bond donors (Lipinski definition) is 1. The predicted molar refractivity (Wildman–Crippen MR) is 81.5 cm³/mol. The zero-order valence-electron chi connectivity index (χ0n) is 12.3. The summed E-state index contributed by atoms with van der Waals surface area (Å²) in [7, 11) is 1.56. The van der Waals surface area contributed by atoms with Crippen molar-refractivity contribution in [2.45, 2.75) is 20.8 Å². The van der Waals surface area contributed by atoms with E-state index in [1.807, 2.05) is 32.9 Å². The van der Waals surface area contributed by atoms with E-state index in [2.05, 4.69) is 0 Å². The van der Waals surface area contributed by atoms with Crippen LogP contribution < -0.4 is 10.5 Å². The van der Waals surface area contributed by atoms with E-state index in [4.69, 9.17) is 10.5 Å². The lowest BCUT2D eigenvalue weighted by molar-refractivity contribution is 0.103. The summed E-state index contributed by atoms with van der Waals surface area (Å²) in [6.45, 7) is 5.94. The number of ether oxygens (including phenoxy) is 1. The van der Waals surface area contributed by atoms with Gasteiger partial charge in [0.15, 0.2) is 5.78 Å². The van der Waals surface area contributed by atoms with E-state index in [9.17, 15) is 4.79 Å². The third kappa shape index (κ3) is 2.52. The zero-order valence-corrected chi connectivity index (χ0v) is 12.3. The quantitative estimate of drug-likeness (QED) is 0.686. The van der Waals surface area contributed by atoms with E-state index in [0.717, 1.165) is 22.3 Å². The minimum absolute atomic E-state index is 0.00523. The molecule has 0 aliphatic heterocycles. The second-order valence-corrected chi connectivity index (χ2v) is 5.06. The molecule has 0 heterocycles. The number of aryl methyl sites for hydroxylation is 3. The van der Waals surface area contributed by atoms with Crippen molar-refractivity contribution in [3.63, 3.8) is 0 Å². The van der Waals surface area contributed by atoms with Gasteiger partial charge in [-0.1, -0.05) is 17.7 Å². The van der Waals surface area contributed by atoms with Gasteiger partial charge in [0.1, 0.15) is 5.75 Å². The number of methoxy groups -OCH3 is 1. The maximum Gasteiger partial charge on any atom is 0.193 e. The number of benzene rings is 2. The number of nitrogen functional groups attached to an aromatic ring is 1. The van der Waals surface area contributed by atoms with E-state index >= 15 is 0 Å². The number of nitrogens with two attached hydrogens (primary N) is 1. The van der Waals surface area contributed by atoms with Crippen LogP contribution in [0.3, 0.4) is 0 Å². The monoisotopic (exact) mass is 269 g/mol. The number of carbonyl (C=O) groups is 1. The zero-order chi connectivity index (χ0) is 14.9. The average molecular weight is 269 g/mol. The Bertz CT molecular complexity index is 652. The van der Waals surface area contributed by atoms with Crippen LogP contribution in [0.25, 0.3) is 0 Å². The van der Waals surface area contributed by atoms with Crippen LogP contribution in [0.4, 0.5) is 5.69 Å². The van der Waals surface area contributed by atoms with E-state index in [0.29, 0.717) is 17.0 Å². The van der Waals surface area contributed by atoms with Crippen molar-refractivity contribution < 1.29 is 9.53 Å². The first-order valence-electron chi connectivity index (χ1n) is 6.50. The molecule has 2 aromatic rings. The molecular weight excluding hydrogens is 250 g/mol. The Balaban J connectivity index is 2.49. The van der Waals surface area contributed by atoms with Crippen LogP contribution in [0.1, 0.15) is 32.6 Å². The van der Waals surface area contributed by atoms with Gasteiger partial charge in [-0.05, 0) is 50.1 Å². The van der Waals surface area contributed by atoms with Gasteiger partial charge in [0.2, 0.25) is 0 Å². The maximum absolute atomic E-state index is 12.7. The Morgan fingerprint density at radius 1 is 1.05 bits per heavy atom. The summed E-state index contributed by atoms with van der Waals surface area (Å²) in [4.78, 5) is 12.7. The van der Waals surface area contributed by atoms with Crippen molar-refractivity contribution in [2.24, 2.45) is 0 Å². The van der Waals surface area contributed by atoms with Crippen LogP contribution in [0, 0.1) is 20.8 Å². The van der Waals surface area contributed by atoms with Gasteiger partial charge in [0.05, 0.1) is 12.8 Å². The van der Waals surface area contributed by atoms with Gasteiger partial charge in [-0.3, -0.25) is 4.79 Å². The van der Waals surface area contributed by atoms with E-state index in [-0.39, 0.29) is 5.78 Å². The van der Waals surface area contributed by atoms with Crippen LogP contribution in [0.2, 0.25) is 0 Å². The summed E-state index contributed by atoms with van der Waals surface area (Å²) in [6, 6.07) is 9.18. The minimum Gasteiger partial charge on any atom is -0.495 e. The fourth-order valence-corrected chi connectivity index (χ4v) is 2.56. The predicted octanol–water partition coefficient (Wildman–Crippen LogP) is 3.43. The molecule has 2 aromatic carbocycles. The van der Waals surface area contributed by atoms with Crippen molar-refractivity contribution >= 4 is 11.5 Å². The molecular formula is C17H19NO2. The highest BCUT2D eigenvalue weighted by Crippen LogP contribution is 2.25. The van der Waals surface area contributed by atoms with Gasteiger partial charge in [-0.2, -0.15) is 0 Å². The normalized spacial score (nSPS) is 10.4. The third-order valence-corrected chi connectivity index (χ3v) is 3.40. The Morgan fingerprint density at radius 3 is 2.15 bits per heavy atom. The van der Waals surface area contributed by atoms with E-state index in [1.54, 1.807) is 25.3 Å². The summed E-state index contributed by atoms with van der Waals surface area (Å²) < 4.78 is 5.11. The molecule has 2 N–H and O–H groups in total. The average Bonchev–Trinajstić information content (AvgIpc) is 2.37. The van der Waals surface area contributed by atoms with Crippen molar-refractivity contribution in [2.75, 3.05) is 12.8 Å². The summed E-state index contributed by atoms with van der Waals surface area (Å²) in [5, 5.41) is 0. The standard InChI is InChI=1S/C17H19NO2/c1-10-7-11(2)16(12(3)8-10)17(19)13-5-6-15(20-4)14(18)9-13/h5-9H,18H2,1-4H3. The second kappa shape index (κ2) is 5.37. The highest BCUT2D eigenvalue weighted by atomic mass is 16.5. The van der Waals surface area contributed by atoms with Crippen LogP contribution >= 0.6 is 0 Å². The molecule has 3 heteroatoms. The van der Waals surface area contributed by atoms with Crippen molar-refractivity contribution in [3.05, 3.63) is 58.1 Å². The molecule has 0 saturated heterocycles. The smallest absolute Gasteiger partial charge is 0.193 e. The molecule has 2 rings (SSSR count). The first-order valence-corrected chi connectivity index (χ1v) is 6.50. The molecule has 0 aliphatic carbocycles. The molecule has 0 fully saturated rings. The van der Waals surface area contributed by atoms with Gasteiger partial charge < -0.3 is 10.5 Å². The van der Waals surface area contributed by atoms with Crippen LogP contribution in [-0.4, -0.2) is 12.9 Å². The number of rotatable bonds is 3. The fourth-order valence-electron chi connectivity index (χ4n) is 2.56. The van der Waals surface area contributed by atoms with Gasteiger partial charge in [-0.25, -0.2) is 0 Å². The molecule has 0 aromatic heterocycles. The Kier molecular flexibility index (Phi) is 3.79. The molecule has 3 nitrogen and oxygen atoms in total. The largest absolute Gasteiger partial charge is 0.495 e.